The van der Waals surface area contributed by atoms with E-state index in [2.05, 4.69) is 26.7 Å². The Balaban J connectivity index is 2.17. The summed E-state index contributed by atoms with van der Waals surface area (Å²) in [6.45, 7) is 2.66. The minimum absolute atomic E-state index is 0.395. The van der Waals surface area contributed by atoms with E-state index in [0.29, 0.717) is 23.2 Å². The predicted molar refractivity (Wildman–Crippen MR) is 81.6 cm³/mol. The first-order valence-electron chi connectivity index (χ1n) is 6.20. The van der Waals surface area contributed by atoms with Crippen LogP contribution in [-0.4, -0.2) is 24.1 Å². The molecule has 5 nitrogen and oxygen atoms in total. The molecule has 0 bridgehead atoms. The van der Waals surface area contributed by atoms with E-state index in [9.17, 15) is 0 Å². The second-order valence-electron chi connectivity index (χ2n) is 4.35. The molecule has 1 aromatic carbocycles. The van der Waals surface area contributed by atoms with Crippen molar-refractivity contribution >= 4 is 23.1 Å². The van der Waals surface area contributed by atoms with Crippen molar-refractivity contribution in [2.45, 2.75) is 13.5 Å². The first-order valence-corrected chi connectivity index (χ1v) is 6.58. The zero-order valence-electron chi connectivity index (χ0n) is 11.7. The Labute approximate surface area is 123 Å². The molecule has 0 amide bonds. The largest absolute Gasteiger partial charge is 0.497 e. The molecule has 0 saturated heterocycles. The molecule has 20 heavy (non-hydrogen) atoms. The first-order chi connectivity index (χ1) is 9.63. The van der Waals surface area contributed by atoms with E-state index in [1.54, 1.807) is 14.2 Å². The Kier molecular flexibility index (Phi) is 4.63. The molecule has 0 aliphatic heterocycles. The van der Waals surface area contributed by atoms with Gasteiger partial charge in [-0.25, -0.2) is 9.97 Å². The lowest BCUT2D eigenvalue weighted by molar-refractivity contribution is 0.414. The molecule has 0 aliphatic carbocycles. The van der Waals surface area contributed by atoms with Crippen LogP contribution in [0.2, 0.25) is 5.15 Å². The molecule has 0 radical (unpaired) electrons. The van der Waals surface area contributed by atoms with Crippen LogP contribution in [0.5, 0.6) is 5.75 Å². The molecule has 2 rings (SSSR count). The van der Waals surface area contributed by atoms with Crippen molar-refractivity contribution in [3.63, 3.8) is 0 Å². The lowest BCUT2D eigenvalue weighted by atomic mass is 10.1. The number of nitrogens with zero attached hydrogens (tertiary/aromatic N) is 2. The molecular formula is C14H17ClN4O. The van der Waals surface area contributed by atoms with Gasteiger partial charge in [-0.2, -0.15) is 0 Å². The monoisotopic (exact) mass is 292 g/mol. The number of anilines is 2. The number of methoxy groups -OCH3 is 1. The van der Waals surface area contributed by atoms with Crippen LogP contribution in [0.15, 0.2) is 24.5 Å². The summed E-state index contributed by atoms with van der Waals surface area (Å²) in [5.41, 5.74) is 2.95. The van der Waals surface area contributed by atoms with Gasteiger partial charge in [0.25, 0.3) is 0 Å². The molecule has 2 aromatic rings. The van der Waals surface area contributed by atoms with Crippen molar-refractivity contribution in [2.75, 3.05) is 24.8 Å². The van der Waals surface area contributed by atoms with Gasteiger partial charge in [0.2, 0.25) is 0 Å². The minimum Gasteiger partial charge on any atom is -0.497 e. The number of benzene rings is 1. The first kappa shape index (κ1) is 14.4. The topological polar surface area (TPSA) is 59.1 Å². The van der Waals surface area contributed by atoms with Gasteiger partial charge < -0.3 is 15.4 Å². The van der Waals surface area contributed by atoms with Crippen molar-refractivity contribution in [3.05, 3.63) is 40.8 Å². The van der Waals surface area contributed by atoms with Crippen LogP contribution in [0.25, 0.3) is 0 Å². The molecule has 1 aromatic heterocycles. The highest BCUT2D eigenvalue weighted by Crippen LogP contribution is 2.26. The van der Waals surface area contributed by atoms with E-state index in [4.69, 9.17) is 16.3 Å². The van der Waals surface area contributed by atoms with Crippen molar-refractivity contribution in [1.82, 2.24) is 9.97 Å². The Morgan fingerprint density at radius 3 is 2.75 bits per heavy atom. The van der Waals surface area contributed by atoms with Gasteiger partial charge >= 0.3 is 0 Å². The Morgan fingerprint density at radius 2 is 2.05 bits per heavy atom. The average molecular weight is 293 g/mol. The van der Waals surface area contributed by atoms with E-state index in [1.807, 2.05) is 19.1 Å². The third-order valence-corrected chi connectivity index (χ3v) is 3.14. The van der Waals surface area contributed by atoms with Gasteiger partial charge in [0.1, 0.15) is 17.8 Å². The van der Waals surface area contributed by atoms with Gasteiger partial charge in [-0.05, 0) is 30.2 Å². The highest BCUT2D eigenvalue weighted by atomic mass is 35.5. The van der Waals surface area contributed by atoms with Crippen molar-refractivity contribution in [2.24, 2.45) is 0 Å². The maximum atomic E-state index is 6.01. The van der Waals surface area contributed by atoms with E-state index >= 15 is 0 Å². The van der Waals surface area contributed by atoms with Gasteiger partial charge in [-0.3, -0.25) is 0 Å². The fourth-order valence-corrected chi connectivity index (χ4v) is 2.18. The summed E-state index contributed by atoms with van der Waals surface area (Å²) < 4.78 is 5.26. The number of aromatic nitrogens is 2. The third-order valence-electron chi connectivity index (χ3n) is 2.86. The lowest BCUT2D eigenvalue weighted by Crippen LogP contribution is -2.06. The summed E-state index contributed by atoms with van der Waals surface area (Å²) in [6, 6.07) is 6.07. The van der Waals surface area contributed by atoms with E-state index < -0.39 is 0 Å². The summed E-state index contributed by atoms with van der Waals surface area (Å²) in [6.07, 6.45) is 1.43. The lowest BCUT2D eigenvalue weighted by Gasteiger charge is -2.12. The van der Waals surface area contributed by atoms with Crippen molar-refractivity contribution in [3.8, 4) is 5.75 Å². The van der Waals surface area contributed by atoms with Crippen LogP contribution in [0, 0.1) is 6.92 Å². The molecular weight excluding hydrogens is 276 g/mol. The quantitative estimate of drug-likeness (QED) is 0.829. The molecule has 0 spiro atoms. The number of aryl methyl sites for hydroxylation is 1. The van der Waals surface area contributed by atoms with Crippen LogP contribution in [-0.2, 0) is 6.54 Å². The maximum absolute atomic E-state index is 6.01. The molecule has 0 aliphatic rings. The Bertz CT molecular complexity index is 604. The van der Waals surface area contributed by atoms with Crippen LogP contribution in [0.4, 0.5) is 11.5 Å². The molecule has 1 heterocycles. The molecule has 6 heteroatoms. The van der Waals surface area contributed by atoms with Crippen molar-refractivity contribution in [1.29, 1.82) is 0 Å². The van der Waals surface area contributed by atoms with Crippen LogP contribution < -0.4 is 15.4 Å². The highest BCUT2D eigenvalue weighted by Gasteiger charge is 2.08. The molecule has 0 unspecified atom stereocenters. The summed E-state index contributed by atoms with van der Waals surface area (Å²) >= 11 is 6.01. The molecule has 0 saturated carbocycles. The predicted octanol–water partition coefficient (Wildman–Crippen LogP) is 3.10. The van der Waals surface area contributed by atoms with Gasteiger partial charge in [-0.1, -0.05) is 17.7 Å². The highest BCUT2D eigenvalue weighted by molar-refractivity contribution is 6.32. The molecule has 2 N–H and O–H groups in total. The van der Waals surface area contributed by atoms with Crippen LogP contribution >= 0.6 is 11.6 Å². The van der Waals surface area contributed by atoms with Crippen LogP contribution in [0.3, 0.4) is 0 Å². The zero-order valence-corrected chi connectivity index (χ0v) is 12.5. The summed E-state index contributed by atoms with van der Waals surface area (Å²) in [5.74, 6) is 1.52. The Morgan fingerprint density at radius 1 is 1.25 bits per heavy atom. The Hall–Kier alpha value is -2.01. The summed E-state index contributed by atoms with van der Waals surface area (Å²) in [5, 5.41) is 6.63. The summed E-state index contributed by atoms with van der Waals surface area (Å²) in [7, 11) is 3.45. The molecule has 0 atom stereocenters. The van der Waals surface area contributed by atoms with E-state index in [1.165, 1.54) is 6.33 Å². The molecule has 106 valence electrons. The van der Waals surface area contributed by atoms with Gasteiger partial charge in [0.05, 0.1) is 7.11 Å². The number of hydrogen-bond acceptors (Lipinski definition) is 5. The minimum atomic E-state index is 0.395. The zero-order chi connectivity index (χ0) is 14.5. The number of hydrogen-bond donors (Lipinski definition) is 2. The number of halogens is 1. The normalized spacial score (nSPS) is 10.2. The fourth-order valence-electron chi connectivity index (χ4n) is 1.95. The van der Waals surface area contributed by atoms with Gasteiger partial charge in [0, 0.05) is 13.6 Å². The number of ether oxygens (including phenoxy) is 1. The SMILES string of the molecule is CNc1c(Cl)ncnc1NCc1cc(C)cc(OC)c1. The van der Waals surface area contributed by atoms with Gasteiger partial charge in [0.15, 0.2) is 11.0 Å². The van der Waals surface area contributed by atoms with Crippen molar-refractivity contribution < 1.29 is 4.74 Å². The fraction of sp³-hybridized carbons (Fsp3) is 0.286. The number of nitrogens with one attached hydrogen (secondary N) is 2. The van der Waals surface area contributed by atoms with E-state index in [0.717, 1.165) is 16.9 Å². The number of rotatable bonds is 5. The van der Waals surface area contributed by atoms with Crippen LogP contribution in [0.1, 0.15) is 11.1 Å². The van der Waals surface area contributed by atoms with Gasteiger partial charge in [-0.15, -0.1) is 0 Å². The second-order valence-corrected chi connectivity index (χ2v) is 4.71. The second kappa shape index (κ2) is 6.43. The smallest absolute Gasteiger partial charge is 0.157 e. The standard InChI is InChI=1S/C14H17ClN4O/c1-9-4-10(6-11(5-9)20-3)7-17-14-12(16-2)13(15)18-8-19-14/h4-6,8,16H,7H2,1-3H3,(H,17,18,19). The molecule has 0 fully saturated rings. The maximum Gasteiger partial charge on any atom is 0.157 e. The summed E-state index contributed by atoms with van der Waals surface area (Å²) in [4.78, 5) is 8.13. The average Bonchev–Trinajstić information content (AvgIpc) is 2.44. The van der Waals surface area contributed by atoms with E-state index in [-0.39, 0.29) is 0 Å². The third kappa shape index (κ3) is 3.30.